The molecule has 0 fully saturated rings. The van der Waals surface area contributed by atoms with Gasteiger partial charge < -0.3 is 14.8 Å². The van der Waals surface area contributed by atoms with Crippen LogP contribution in [0.2, 0.25) is 0 Å². The summed E-state index contributed by atoms with van der Waals surface area (Å²) >= 11 is 0. The molecule has 2 aromatic carbocycles. The Labute approximate surface area is 166 Å². The lowest BCUT2D eigenvalue weighted by Gasteiger charge is -2.20. The average Bonchev–Trinajstić information content (AvgIpc) is 2.59. The molecule has 0 atom stereocenters. The molecule has 0 aliphatic heterocycles. The lowest BCUT2D eigenvalue weighted by molar-refractivity contribution is -0.118. The Morgan fingerprint density at radius 1 is 1.04 bits per heavy atom. The Hall–Kier alpha value is -2.58. The van der Waals surface area contributed by atoms with E-state index in [2.05, 4.69) is 10.0 Å². The van der Waals surface area contributed by atoms with Gasteiger partial charge in [0.25, 0.3) is 5.91 Å². The Balaban J connectivity index is 1.98. The number of methoxy groups -OCH3 is 1. The standard InChI is InChI=1S/C20H26N2O5S/c1-14-6-11-17(18(12-14)26-5)27-13-19(23)21-15-7-9-16(10-8-15)28(24,25)22-20(2,3)4/h6-12,22H,13H2,1-5H3,(H,21,23). The van der Waals surface area contributed by atoms with E-state index in [0.717, 1.165) is 5.56 Å². The molecule has 8 heteroatoms. The van der Waals surface area contributed by atoms with Crippen LogP contribution < -0.4 is 19.5 Å². The number of carbonyl (C=O) groups excluding carboxylic acids is 1. The number of anilines is 1. The summed E-state index contributed by atoms with van der Waals surface area (Å²) in [6, 6.07) is 11.4. The maximum absolute atomic E-state index is 12.3. The van der Waals surface area contributed by atoms with Gasteiger partial charge in [-0.25, -0.2) is 13.1 Å². The zero-order valence-electron chi connectivity index (χ0n) is 16.7. The van der Waals surface area contributed by atoms with Gasteiger partial charge in [0.15, 0.2) is 18.1 Å². The Morgan fingerprint density at radius 2 is 1.68 bits per heavy atom. The van der Waals surface area contributed by atoms with Crippen LogP contribution >= 0.6 is 0 Å². The van der Waals surface area contributed by atoms with Crippen molar-refractivity contribution in [2.24, 2.45) is 0 Å². The molecule has 0 heterocycles. The van der Waals surface area contributed by atoms with Gasteiger partial charge >= 0.3 is 0 Å². The first-order valence-corrected chi connectivity index (χ1v) is 10.2. The van der Waals surface area contributed by atoms with Gasteiger partial charge in [0, 0.05) is 11.2 Å². The maximum Gasteiger partial charge on any atom is 0.262 e. The van der Waals surface area contributed by atoms with Crippen LogP contribution in [0.3, 0.4) is 0 Å². The predicted molar refractivity (Wildman–Crippen MR) is 108 cm³/mol. The second-order valence-corrected chi connectivity index (χ2v) is 9.05. The summed E-state index contributed by atoms with van der Waals surface area (Å²) in [7, 11) is -2.09. The molecule has 0 radical (unpaired) electrons. The number of rotatable bonds is 7. The van der Waals surface area contributed by atoms with Gasteiger partial charge in [0.1, 0.15) is 0 Å². The van der Waals surface area contributed by atoms with Crippen LogP contribution in [0, 0.1) is 6.92 Å². The van der Waals surface area contributed by atoms with E-state index in [1.807, 2.05) is 19.1 Å². The fraction of sp³-hybridized carbons (Fsp3) is 0.350. The van der Waals surface area contributed by atoms with E-state index in [1.54, 1.807) is 26.8 Å². The number of hydrogen-bond donors (Lipinski definition) is 2. The third-order valence-corrected chi connectivity index (χ3v) is 5.34. The normalized spacial score (nSPS) is 11.8. The first-order chi connectivity index (χ1) is 13.0. The molecule has 7 nitrogen and oxygen atoms in total. The second-order valence-electron chi connectivity index (χ2n) is 7.37. The molecule has 2 N–H and O–H groups in total. The molecule has 28 heavy (non-hydrogen) atoms. The van der Waals surface area contributed by atoms with Crippen molar-refractivity contribution in [1.29, 1.82) is 0 Å². The van der Waals surface area contributed by atoms with Crippen molar-refractivity contribution in [3.05, 3.63) is 48.0 Å². The molecule has 2 rings (SSSR count). The zero-order chi connectivity index (χ0) is 20.9. The molecule has 0 aliphatic carbocycles. The van der Waals surface area contributed by atoms with Crippen LogP contribution in [0.4, 0.5) is 5.69 Å². The fourth-order valence-corrected chi connectivity index (χ4v) is 3.83. The second kappa shape index (κ2) is 8.62. The highest BCUT2D eigenvalue weighted by atomic mass is 32.2. The highest BCUT2D eigenvalue weighted by Crippen LogP contribution is 2.27. The van der Waals surface area contributed by atoms with Crippen molar-refractivity contribution in [3.8, 4) is 11.5 Å². The number of sulfonamides is 1. The molecule has 2 aromatic rings. The highest BCUT2D eigenvalue weighted by molar-refractivity contribution is 7.89. The summed E-state index contributed by atoms with van der Waals surface area (Å²) < 4.78 is 37.9. The Morgan fingerprint density at radius 3 is 2.25 bits per heavy atom. The molecule has 0 aromatic heterocycles. The lowest BCUT2D eigenvalue weighted by Crippen LogP contribution is -2.40. The maximum atomic E-state index is 12.3. The van der Waals surface area contributed by atoms with E-state index < -0.39 is 15.6 Å². The van der Waals surface area contributed by atoms with E-state index >= 15 is 0 Å². The number of hydrogen-bond acceptors (Lipinski definition) is 5. The summed E-state index contributed by atoms with van der Waals surface area (Å²) in [6.45, 7) is 7.03. The van der Waals surface area contributed by atoms with Crippen LogP contribution in [-0.4, -0.2) is 33.6 Å². The number of nitrogens with one attached hydrogen (secondary N) is 2. The molecule has 0 saturated heterocycles. The average molecular weight is 407 g/mol. The van der Waals surface area contributed by atoms with E-state index in [4.69, 9.17) is 9.47 Å². The van der Waals surface area contributed by atoms with Crippen molar-refractivity contribution in [2.75, 3.05) is 19.0 Å². The minimum Gasteiger partial charge on any atom is -0.493 e. The highest BCUT2D eigenvalue weighted by Gasteiger charge is 2.21. The van der Waals surface area contributed by atoms with Crippen LogP contribution in [0.5, 0.6) is 11.5 Å². The Kier molecular flexibility index (Phi) is 6.69. The molecular weight excluding hydrogens is 380 g/mol. The van der Waals surface area contributed by atoms with Crippen molar-refractivity contribution < 1.29 is 22.7 Å². The quantitative estimate of drug-likeness (QED) is 0.737. The van der Waals surface area contributed by atoms with Gasteiger partial charge in [0.2, 0.25) is 10.0 Å². The molecule has 0 unspecified atom stereocenters. The van der Waals surface area contributed by atoms with Gasteiger partial charge in [-0.1, -0.05) is 6.07 Å². The SMILES string of the molecule is COc1cc(C)ccc1OCC(=O)Nc1ccc(S(=O)(=O)NC(C)(C)C)cc1. The molecular formula is C20H26N2O5S. The number of ether oxygens (including phenoxy) is 2. The van der Waals surface area contributed by atoms with Crippen molar-refractivity contribution in [2.45, 2.75) is 38.1 Å². The van der Waals surface area contributed by atoms with Crippen molar-refractivity contribution >= 4 is 21.6 Å². The third kappa shape index (κ3) is 6.24. The van der Waals surface area contributed by atoms with Crippen LogP contribution in [-0.2, 0) is 14.8 Å². The molecule has 0 saturated carbocycles. The summed E-state index contributed by atoms with van der Waals surface area (Å²) in [6.07, 6.45) is 0. The van der Waals surface area contributed by atoms with Gasteiger partial charge in [0.05, 0.1) is 12.0 Å². The predicted octanol–water partition coefficient (Wildman–Crippen LogP) is 3.10. The molecule has 0 spiro atoms. The first kappa shape index (κ1) is 21.7. The monoisotopic (exact) mass is 406 g/mol. The van der Waals surface area contributed by atoms with Crippen LogP contribution in [0.25, 0.3) is 0 Å². The molecule has 1 amide bonds. The van der Waals surface area contributed by atoms with Crippen LogP contribution in [0.1, 0.15) is 26.3 Å². The number of amides is 1. The number of benzene rings is 2. The lowest BCUT2D eigenvalue weighted by atomic mass is 10.1. The first-order valence-electron chi connectivity index (χ1n) is 8.71. The summed E-state index contributed by atoms with van der Waals surface area (Å²) in [4.78, 5) is 12.2. The van der Waals surface area contributed by atoms with Crippen molar-refractivity contribution in [1.82, 2.24) is 4.72 Å². The van der Waals surface area contributed by atoms with E-state index in [-0.39, 0.29) is 17.4 Å². The van der Waals surface area contributed by atoms with E-state index in [0.29, 0.717) is 17.2 Å². The molecule has 0 bridgehead atoms. The number of carbonyl (C=O) groups is 1. The topological polar surface area (TPSA) is 93.7 Å². The number of aryl methyl sites for hydroxylation is 1. The van der Waals surface area contributed by atoms with Gasteiger partial charge in [-0.05, 0) is 69.7 Å². The summed E-state index contributed by atoms with van der Waals surface area (Å²) in [5.74, 6) is 0.651. The fourth-order valence-electron chi connectivity index (χ4n) is 2.41. The summed E-state index contributed by atoms with van der Waals surface area (Å²) in [5, 5.41) is 2.67. The van der Waals surface area contributed by atoms with Crippen LogP contribution in [0.15, 0.2) is 47.4 Å². The third-order valence-electron chi connectivity index (χ3n) is 3.57. The van der Waals surface area contributed by atoms with E-state index in [1.165, 1.54) is 31.4 Å². The van der Waals surface area contributed by atoms with Gasteiger partial charge in [-0.15, -0.1) is 0 Å². The van der Waals surface area contributed by atoms with E-state index in [9.17, 15) is 13.2 Å². The summed E-state index contributed by atoms with van der Waals surface area (Å²) in [5.41, 5.74) is 0.906. The molecule has 0 aliphatic rings. The minimum atomic E-state index is -3.62. The van der Waals surface area contributed by atoms with Gasteiger partial charge in [-0.2, -0.15) is 0 Å². The minimum absolute atomic E-state index is 0.126. The van der Waals surface area contributed by atoms with Gasteiger partial charge in [-0.3, -0.25) is 4.79 Å². The Bertz CT molecular complexity index is 932. The van der Waals surface area contributed by atoms with Crippen molar-refractivity contribution in [3.63, 3.8) is 0 Å². The molecule has 152 valence electrons. The smallest absolute Gasteiger partial charge is 0.262 e. The zero-order valence-corrected chi connectivity index (χ0v) is 17.5. The largest absolute Gasteiger partial charge is 0.493 e.